The zero-order valence-electron chi connectivity index (χ0n) is 12.1. The lowest BCUT2D eigenvalue weighted by molar-refractivity contribution is 0.193. The Hall–Kier alpha value is -1.00. The minimum absolute atomic E-state index is 0.580. The number of rotatable bonds is 8. The van der Waals surface area contributed by atoms with Gasteiger partial charge in [-0.3, -0.25) is 9.97 Å². The van der Waals surface area contributed by atoms with Gasteiger partial charge in [0.15, 0.2) is 0 Å². The summed E-state index contributed by atoms with van der Waals surface area (Å²) in [4.78, 5) is 10.7. The Kier molecular flexibility index (Phi) is 6.83. The molecular formula is C14H26N4. The van der Waals surface area contributed by atoms with Crippen LogP contribution in [0.25, 0.3) is 0 Å². The molecule has 4 nitrogen and oxygen atoms in total. The predicted octanol–water partition coefficient (Wildman–Crippen LogP) is 1.93. The highest BCUT2D eigenvalue weighted by atomic mass is 15.1. The molecule has 102 valence electrons. The third-order valence-electron chi connectivity index (χ3n) is 3.53. The molecular weight excluding hydrogens is 224 g/mol. The lowest BCUT2D eigenvalue weighted by Gasteiger charge is -2.31. The minimum Gasteiger partial charge on any atom is -0.310 e. The van der Waals surface area contributed by atoms with E-state index in [9.17, 15) is 0 Å². The molecule has 1 rings (SSSR count). The predicted molar refractivity (Wildman–Crippen MR) is 75.3 cm³/mol. The molecule has 0 aliphatic rings. The molecule has 1 aromatic heterocycles. The molecule has 0 saturated heterocycles. The van der Waals surface area contributed by atoms with Crippen molar-refractivity contribution in [1.29, 1.82) is 0 Å². The van der Waals surface area contributed by atoms with Crippen LogP contribution in [-0.2, 0) is 6.54 Å². The summed E-state index contributed by atoms with van der Waals surface area (Å²) in [6, 6.07) is 0.580. The molecule has 0 spiro atoms. The quantitative estimate of drug-likeness (QED) is 0.765. The van der Waals surface area contributed by atoms with Crippen LogP contribution in [0.15, 0.2) is 18.6 Å². The molecule has 1 unspecified atom stereocenters. The third kappa shape index (κ3) is 4.70. The SMILES string of the molecule is CCC(CC)C(CNCc1cnccn1)N(C)C. The van der Waals surface area contributed by atoms with Crippen LogP contribution in [0, 0.1) is 5.92 Å². The van der Waals surface area contributed by atoms with E-state index in [2.05, 4.69) is 48.1 Å². The average molecular weight is 250 g/mol. The van der Waals surface area contributed by atoms with E-state index in [1.807, 2.05) is 6.20 Å². The highest BCUT2D eigenvalue weighted by molar-refractivity contribution is 4.94. The van der Waals surface area contributed by atoms with Gasteiger partial charge in [0.05, 0.1) is 5.69 Å². The van der Waals surface area contributed by atoms with Crippen molar-refractivity contribution in [3.05, 3.63) is 24.3 Å². The summed E-state index contributed by atoms with van der Waals surface area (Å²) in [5.74, 6) is 0.745. The van der Waals surface area contributed by atoms with Crippen molar-refractivity contribution < 1.29 is 0 Å². The van der Waals surface area contributed by atoms with Gasteiger partial charge >= 0.3 is 0 Å². The second-order valence-electron chi connectivity index (χ2n) is 4.94. The van der Waals surface area contributed by atoms with Gasteiger partial charge in [-0.2, -0.15) is 0 Å². The van der Waals surface area contributed by atoms with Crippen LogP contribution in [0.3, 0.4) is 0 Å². The summed E-state index contributed by atoms with van der Waals surface area (Å²) in [6.45, 7) is 6.33. The second kappa shape index (κ2) is 8.16. The molecule has 0 fully saturated rings. The first-order chi connectivity index (χ1) is 8.69. The maximum Gasteiger partial charge on any atom is 0.0724 e. The molecule has 1 atom stereocenters. The van der Waals surface area contributed by atoms with Gasteiger partial charge in [0.2, 0.25) is 0 Å². The second-order valence-corrected chi connectivity index (χ2v) is 4.94. The molecule has 1 heterocycles. The van der Waals surface area contributed by atoms with E-state index in [0.29, 0.717) is 6.04 Å². The first-order valence-electron chi connectivity index (χ1n) is 6.81. The highest BCUT2D eigenvalue weighted by Crippen LogP contribution is 2.16. The van der Waals surface area contributed by atoms with Crippen molar-refractivity contribution >= 4 is 0 Å². The van der Waals surface area contributed by atoms with E-state index >= 15 is 0 Å². The zero-order chi connectivity index (χ0) is 13.4. The topological polar surface area (TPSA) is 41.1 Å². The summed E-state index contributed by atoms with van der Waals surface area (Å²) in [5.41, 5.74) is 1.000. The molecule has 1 N–H and O–H groups in total. The Bertz CT molecular complexity index is 309. The van der Waals surface area contributed by atoms with Crippen molar-refractivity contribution in [3.8, 4) is 0 Å². The first kappa shape index (κ1) is 15.1. The summed E-state index contributed by atoms with van der Waals surface area (Å²) in [7, 11) is 4.32. The fourth-order valence-corrected chi connectivity index (χ4v) is 2.37. The molecule has 0 bridgehead atoms. The summed E-state index contributed by atoms with van der Waals surface area (Å²) in [6.07, 6.45) is 7.71. The average Bonchev–Trinajstić information content (AvgIpc) is 2.39. The molecule has 0 amide bonds. The van der Waals surface area contributed by atoms with Gasteiger partial charge in [-0.05, 0) is 20.0 Å². The number of likely N-dealkylation sites (N-methyl/N-ethyl adjacent to an activating group) is 1. The van der Waals surface area contributed by atoms with Crippen LogP contribution in [-0.4, -0.2) is 41.5 Å². The molecule has 18 heavy (non-hydrogen) atoms. The van der Waals surface area contributed by atoms with Gasteiger partial charge < -0.3 is 10.2 Å². The van der Waals surface area contributed by atoms with Gasteiger partial charge in [0.25, 0.3) is 0 Å². The Morgan fingerprint density at radius 3 is 2.44 bits per heavy atom. The zero-order valence-corrected chi connectivity index (χ0v) is 12.1. The summed E-state index contributed by atoms with van der Waals surface area (Å²) >= 11 is 0. The fraction of sp³-hybridized carbons (Fsp3) is 0.714. The fourth-order valence-electron chi connectivity index (χ4n) is 2.37. The van der Waals surface area contributed by atoms with Crippen molar-refractivity contribution in [1.82, 2.24) is 20.2 Å². The highest BCUT2D eigenvalue weighted by Gasteiger charge is 2.19. The van der Waals surface area contributed by atoms with Crippen LogP contribution in [0.4, 0.5) is 0 Å². The number of nitrogens with one attached hydrogen (secondary N) is 1. The monoisotopic (exact) mass is 250 g/mol. The van der Waals surface area contributed by atoms with Crippen molar-refractivity contribution in [2.24, 2.45) is 5.92 Å². The van der Waals surface area contributed by atoms with Gasteiger partial charge in [0, 0.05) is 37.7 Å². The molecule has 0 saturated carbocycles. The summed E-state index contributed by atoms with van der Waals surface area (Å²) < 4.78 is 0. The normalized spacial score (nSPS) is 13.2. The number of hydrogen-bond acceptors (Lipinski definition) is 4. The molecule has 0 aliphatic carbocycles. The number of hydrogen-bond donors (Lipinski definition) is 1. The first-order valence-corrected chi connectivity index (χ1v) is 6.81. The van der Waals surface area contributed by atoms with Crippen LogP contribution in [0.5, 0.6) is 0 Å². The lowest BCUT2D eigenvalue weighted by atomic mass is 9.93. The maximum absolute atomic E-state index is 4.27. The van der Waals surface area contributed by atoms with Crippen molar-refractivity contribution in [2.45, 2.75) is 39.3 Å². The van der Waals surface area contributed by atoms with Crippen LogP contribution >= 0.6 is 0 Å². The Morgan fingerprint density at radius 1 is 1.22 bits per heavy atom. The van der Waals surface area contributed by atoms with Crippen molar-refractivity contribution in [2.75, 3.05) is 20.6 Å². The molecule has 0 radical (unpaired) electrons. The largest absolute Gasteiger partial charge is 0.310 e. The van der Waals surface area contributed by atoms with E-state index in [0.717, 1.165) is 24.7 Å². The van der Waals surface area contributed by atoms with Crippen LogP contribution in [0.1, 0.15) is 32.4 Å². The molecule has 0 aliphatic heterocycles. The Balaban J connectivity index is 2.43. The van der Waals surface area contributed by atoms with Gasteiger partial charge in [0.1, 0.15) is 0 Å². The van der Waals surface area contributed by atoms with E-state index in [1.54, 1.807) is 12.4 Å². The maximum atomic E-state index is 4.27. The standard InChI is InChI=1S/C14H26N4/c1-5-12(6-2)14(18(3)4)11-16-10-13-9-15-7-8-17-13/h7-9,12,14,16H,5-6,10-11H2,1-4H3. The molecule has 1 aromatic rings. The Morgan fingerprint density at radius 2 is 1.94 bits per heavy atom. The number of nitrogens with zero attached hydrogens (tertiary/aromatic N) is 3. The van der Waals surface area contributed by atoms with Gasteiger partial charge in [-0.15, -0.1) is 0 Å². The van der Waals surface area contributed by atoms with E-state index < -0.39 is 0 Å². The van der Waals surface area contributed by atoms with Crippen LogP contribution < -0.4 is 5.32 Å². The third-order valence-corrected chi connectivity index (χ3v) is 3.53. The van der Waals surface area contributed by atoms with Crippen molar-refractivity contribution in [3.63, 3.8) is 0 Å². The summed E-state index contributed by atoms with van der Waals surface area (Å²) in [5, 5.41) is 3.49. The number of aromatic nitrogens is 2. The van der Waals surface area contributed by atoms with E-state index in [1.165, 1.54) is 12.8 Å². The minimum atomic E-state index is 0.580. The smallest absolute Gasteiger partial charge is 0.0724 e. The van der Waals surface area contributed by atoms with E-state index in [-0.39, 0.29) is 0 Å². The molecule has 4 heteroatoms. The van der Waals surface area contributed by atoms with E-state index in [4.69, 9.17) is 0 Å². The van der Waals surface area contributed by atoms with Crippen LogP contribution in [0.2, 0.25) is 0 Å². The molecule has 0 aromatic carbocycles. The van der Waals surface area contributed by atoms with Gasteiger partial charge in [-0.1, -0.05) is 26.7 Å². The van der Waals surface area contributed by atoms with Gasteiger partial charge in [-0.25, -0.2) is 0 Å². The lowest BCUT2D eigenvalue weighted by Crippen LogP contribution is -2.42. The Labute approximate surface area is 111 Å².